The van der Waals surface area contributed by atoms with E-state index in [-0.39, 0.29) is 18.3 Å². The summed E-state index contributed by atoms with van der Waals surface area (Å²) in [7, 11) is 0. The van der Waals surface area contributed by atoms with Crippen LogP contribution in [0.1, 0.15) is 34.6 Å². The number of hydrogen-bond acceptors (Lipinski definition) is 5. The third-order valence-electron chi connectivity index (χ3n) is 6.11. The van der Waals surface area contributed by atoms with Crippen molar-refractivity contribution in [2.24, 2.45) is 5.92 Å². The first-order valence-corrected chi connectivity index (χ1v) is 11.3. The molecule has 6 heteroatoms. The van der Waals surface area contributed by atoms with Gasteiger partial charge in [-0.2, -0.15) is 0 Å². The van der Waals surface area contributed by atoms with E-state index >= 15 is 0 Å². The molecule has 0 spiro atoms. The maximum absolute atomic E-state index is 13.2. The molecule has 1 aliphatic heterocycles. The Balaban J connectivity index is 1.57. The van der Waals surface area contributed by atoms with Crippen molar-refractivity contribution >= 4 is 11.3 Å². The molecule has 3 aromatic rings. The average molecular weight is 443 g/mol. The highest BCUT2D eigenvalue weighted by molar-refractivity contribution is 7.15. The minimum absolute atomic E-state index is 0.242. The molecule has 4 nitrogen and oxygen atoms in total. The fraction of sp³-hybridized carbons (Fsp3) is 0.360. The van der Waals surface area contributed by atoms with E-state index in [2.05, 4.69) is 25.1 Å². The normalized spacial score (nSPS) is 26.2. The van der Waals surface area contributed by atoms with Gasteiger partial charge in [0.2, 0.25) is 0 Å². The molecule has 1 saturated heterocycles. The van der Waals surface area contributed by atoms with E-state index in [4.69, 9.17) is 4.74 Å². The standard InChI is InChI=1S/C25H27FO4S/c1-14-3-4-17(25-15(2)23(28)24(29)21(13-27)30-25)11-18(14)12-20-9-10-22(31-20)16-5-7-19(26)8-6-16/h3-11,15,21,23-25,27-29H,12-13H2,1-2H3/t15-,21?,23?,24-,25?/m1/s1. The molecule has 2 heterocycles. The van der Waals surface area contributed by atoms with Gasteiger partial charge in [0, 0.05) is 22.1 Å². The smallest absolute Gasteiger partial charge is 0.123 e. The number of aryl methyl sites for hydroxylation is 1. The van der Waals surface area contributed by atoms with Gasteiger partial charge < -0.3 is 20.1 Å². The Labute approximate surface area is 185 Å². The van der Waals surface area contributed by atoms with Crippen LogP contribution in [0.25, 0.3) is 10.4 Å². The molecule has 164 valence electrons. The molecule has 0 saturated carbocycles. The second-order valence-corrected chi connectivity index (χ2v) is 9.42. The Morgan fingerprint density at radius 2 is 1.74 bits per heavy atom. The predicted octanol–water partition coefficient (Wildman–Crippen LogP) is 4.24. The van der Waals surface area contributed by atoms with Gasteiger partial charge in [0.15, 0.2) is 0 Å². The fourth-order valence-electron chi connectivity index (χ4n) is 4.12. The SMILES string of the molecule is Cc1ccc(C2OC(CO)[C@@H](O)C(O)[C@H]2C)cc1Cc1ccc(-c2ccc(F)cc2)s1. The Hall–Kier alpha value is -2.09. The number of aliphatic hydroxyl groups is 3. The first kappa shape index (κ1) is 22.1. The lowest BCUT2D eigenvalue weighted by atomic mass is 9.84. The summed E-state index contributed by atoms with van der Waals surface area (Å²) in [5, 5.41) is 30.0. The fourth-order valence-corrected chi connectivity index (χ4v) is 5.16. The average Bonchev–Trinajstić information content (AvgIpc) is 3.23. The van der Waals surface area contributed by atoms with Gasteiger partial charge in [0.05, 0.1) is 18.8 Å². The highest BCUT2D eigenvalue weighted by Crippen LogP contribution is 2.38. The Kier molecular flexibility index (Phi) is 6.55. The summed E-state index contributed by atoms with van der Waals surface area (Å²) in [5.74, 6) is -0.548. The molecular weight excluding hydrogens is 415 g/mol. The summed E-state index contributed by atoms with van der Waals surface area (Å²) in [4.78, 5) is 2.29. The van der Waals surface area contributed by atoms with Crippen molar-refractivity contribution in [3.05, 3.63) is 82.0 Å². The Morgan fingerprint density at radius 1 is 1.00 bits per heavy atom. The molecule has 3 unspecified atom stereocenters. The Bertz CT molecular complexity index is 1030. The number of ether oxygens (including phenoxy) is 1. The van der Waals surface area contributed by atoms with Gasteiger partial charge in [0.25, 0.3) is 0 Å². The van der Waals surface area contributed by atoms with E-state index in [1.807, 2.05) is 19.1 Å². The monoisotopic (exact) mass is 442 g/mol. The van der Waals surface area contributed by atoms with Crippen LogP contribution >= 0.6 is 11.3 Å². The van der Waals surface area contributed by atoms with Gasteiger partial charge in [-0.05, 0) is 53.4 Å². The van der Waals surface area contributed by atoms with Crippen LogP contribution in [0.3, 0.4) is 0 Å². The van der Waals surface area contributed by atoms with Gasteiger partial charge in [-0.15, -0.1) is 11.3 Å². The first-order chi connectivity index (χ1) is 14.9. The van der Waals surface area contributed by atoms with E-state index in [0.29, 0.717) is 0 Å². The van der Waals surface area contributed by atoms with Crippen molar-refractivity contribution in [2.75, 3.05) is 6.61 Å². The highest BCUT2D eigenvalue weighted by Gasteiger charge is 2.42. The number of rotatable bonds is 5. The lowest BCUT2D eigenvalue weighted by Crippen LogP contribution is -2.51. The third kappa shape index (κ3) is 4.59. The molecule has 0 aliphatic carbocycles. The third-order valence-corrected chi connectivity index (χ3v) is 7.24. The topological polar surface area (TPSA) is 69.9 Å². The minimum Gasteiger partial charge on any atom is -0.394 e. The van der Waals surface area contributed by atoms with Crippen molar-refractivity contribution in [2.45, 2.75) is 44.7 Å². The molecule has 1 aliphatic rings. The van der Waals surface area contributed by atoms with Crippen molar-refractivity contribution in [1.29, 1.82) is 0 Å². The lowest BCUT2D eigenvalue weighted by molar-refractivity contribution is -0.207. The molecule has 5 atom stereocenters. The first-order valence-electron chi connectivity index (χ1n) is 10.4. The van der Waals surface area contributed by atoms with Crippen molar-refractivity contribution < 1.29 is 24.4 Å². The zero-order valence-electron chi connectivity index (χ0n) is 17.5. The predicted molar refractivity (Wildman–Crippen MR) is 120 cm³/mol. The van der Waals surface area contributed by atoms with Gasteiger partial charge in [-0.3, -0.25) is 0 Å². The zero-order valence-corrected chi connectivity index (χ0v) is 18.3. The molecule has 0 amide bonds. The molecule has 2 aromatic carbocycles. The number of thiophene rings is 1. The van der Waals surface area contributed by atoms with Crippen LogP contribution in [0.2, 0.25) is 0 Å². The largest absolute Gasteiger partial charge is 0.394 e. The number of halogens is 1. The second-order valence-electron chi connectivity index (χ2n) is 8.25. The molecule has 1 aromatic heterocycles. The van der Waals surface area contributed by atoms with Gasteiger partial charge in [-0.1, -0.05) is 37.3 Å². The van der Waals surface area contributed by atoms with Crippen LogP contribution in [0.5, 0.6) is 0 Å². The molecule has 31 heavy (non-hydrogen) atoms. The number of hydrogen-bond donors (Lipinski definition) is 3. The van der Waals surface area contributed by atoms with E-state index < -0.39 is 24.4 Å². The molecule has 4 rings (SSSR count). The summed E-state index contributed by atoms with van der Waals surface area (Å²) in [5.41, 5.74) is 4.23. The maximum atomic E-state index is 13.2. The number of aliphatic hydroxyl groups excluding tert-OH is 3. The molecule has 0 bridgehead atoms. The summed E-state index contributed by atoms with van der Waals surface area (Å²) < 4.78 is 19.1. The summed E-state index contributed by atoms with van der Waals surface area (Å²) in [6.45, 7) is 3.56. The van der Waals surface area contributed by atoms with E-state index in [9.17, 15) is 19.7 Å². The van der Waals surface area contributed by atoms with Crippen LogP contribution in [0.4, 0.5) is 4.39 Å². The van der Waals surface area contributed by atoms with Crippen molar-refractivity contribution in [1.82, 2.24) is 0 Å². The maximum Gasteiger partial charge on any atom is 0.123 e. The van der Waals surface area contributed by atoms with Crippen LogP contribution in [-0.2, 0) is 11.2 Å². The highest BCUT2D eigenvalue weighted by atomic mass is 32.1. The summed E-state index contributed by atoms with van der Waals surface area (Å²) in [6, 6.07) is 16.8. The van der Waals surface area contributed by atoms with Gasteiger partial charge in [-0.25, -0.2) is 4.39 Å². The molecule has 0 radical (unpaired) electrons. The summed E-state index contributed by atoms with van der Waals surface area (Å²) in [6.07, 6.45) is -2.53. The quantitative estimate of drug-likeness (QED) is 0.553. The van der Waals surface area contributed by atoms with E-state index in [0.717, 1.165) is 33.6 Å². The lowest BCUT2D eigenvalue weighted by Gasteiger charge is -2.41. The Morgan fingerprint density at radius 3 is 2.45 bits per heavy atom. The van der Waals surface area contributed by atoms with Gasteiger partial charge >= 0.3 is 0 Å². The molecular formula is C25H27FO4S. The number of benzene rings is 2. The van der Waals surface area contributed by atoms with Crippen molar-refractivity contribution in [3.8, 4) is 10.4 Å². The molecule has 3 N–H and O–H groups in total. The summed E-state index contributed by atoms with van der Waals surface area (Å²) >= 11 is 1.68. The molecule has 1 fully saturated rings. The van der Waals surface area contributed by atoms with E-state index in [1.54, 1.807) is 23.5 Å². The van der Waals surface area contributed by atoms with Gasteiger partial charge in [0.1, 0.15) is 18.0 Å². The van der Waals surface area contributed by atoms with E-state index in [1.165, 1.54) is 17.0 Å². The second kappa shape index (κ2) is 9.18. The van der Waals surface area contributed by atoms with Crippen LogP contribution in [0.15, 0.2) is 54.6 Å². The zero-order chi connectivity index (χ0) is 22.1. The van der Waals surface area contributed by atoms with Crippen LogP contribution < -0.4 is 0 Å². The van der Waals surface area contributed by atoms with Crippen LogP contribution in [-0.4, -0.2) is 40.2 Å². The van der Waals surface area contributed by atoms with Crippen molar-refractivity contribution in [3.63, 3.8) is 0 Å². The van der Waals surface area contributed by atoms with Crippen LogP contribution in [0, 0.1) is 18.7 Å². The minimum atomic E-state index is -1.10.